The Kier molecular flexibility index (Phi) is 4.57. The van der Waals surface area contributed by atoms with Crippen molar-refractivity contribution in [3.05, 3.63) is 83.3 Å². The second kappa shape index (κ2) is 7.33. The van der Waals surface area contributed by atoms with Crippen LogP contribution in [-0.4, -0.2) is 26.0 Å². The van der Waals surface area contributed by atoms with E-state index in [-0.39, 0.29) is 5.91 Å². The predicted molar refractivity (Wildman–Crippen MR) is 99.9 cm³/mol. The molecule has 0 unspecified atom stereocenters. The first-order chi connectivity index (χ1) is 12.8. The van der Waals surface area contributed by atoms with E-state index in [9.17, 15) is 4.79 Å². The van der Waals surface area contributed by atoms with Crippen molar-refractivity contribution in [2.75, 3.05) is 5.32 Å². The summed E-state index contributed by atoms with van der Waals surface area (Å²) in [5.74, 6) is 0.404. The Balaban J connectivity index is 1.39. The van der Waals surface area contributed by atoms with Gasteiger partial charge >= 0.3 is 0 Å². The van der Waals surface area contributed by atoms with Crippen molar-refractivity contribution in [2.24, 2.45) is 0 Å². The second-order valence-corrected chi connectivity index (χ2v) is 6.27. The van der Waals surface area contributed by atoms with E-state index in [1.807, 2.05) is 30.3 Å². The van der Waals surface area contributed by atoms with Gasteiger partial charge in [-0.3, -0.25) is 19.8 Å². The maximum atomic E-state index is 12.2. The highest BCUT2D eigenvalue weighted by atomic mass is 16.1. The van der Waals surface area contributed by atoms with Crippen molar-refractivity contribution in [3.63, 3.8) is 0 Å². The van der Waals surface area contributed by atoms with Crippen LogP contribution in [0.15, 0.2) is 60.9 Å². The summed E-state index contributed by atoms with van der Waals surface area (Å²) < 4.78 is 0. The van der Waals surface area contributed by atoms with Crippen molar-refractivity contribution >= 4 is 17.8 Å². The van der Waals surface area contributed by atoms with Crippen LogP contribution in [0.4, 0.5) is 5.82 Å². The standard InChI is InChI=1S/C20H19N5O/c26-19(9-8-15-7-4-10-21-11-15)22-20-17-13-25(14-18(17)23-24-20)12-16-5-2-1-3-6-16/h1-11H,12-14H2,(H2,22,23,24,26)/b9-8+. The van der Waals surface area contributed by atoms with Gasteiger partial charge in [0.05, 0.1) is 5.69 Å². The molecule has 0 atom stereocenters. The van der Waals surface area contributed by atoms with Gasteiger partial charge in [0, 0.05) is 43.7 Å². The van der Waals surface area contributed by atoms with Gasteiger partial charge < -0.3 is 5.32 Å². The summed E-state index contributed by atoms with van der Waals surface area (Å²) >= 11 is 0. The van der Waals surface area contributed by atoms with Crippen LogP contribution in [0.25, 0.3) is 6.08 Å². The van der Waals surface area contributed by atoms with Crippen LogP contribution in [0.3, 0.4) is 0 Å². The normalized spacial score (nSPS) is 13.8. The van der Waals surface area contributed by atoms with E-state index >= 15 is 0 Å². The molecule has 0 saturated heterocycles. The molecule has 1 aliphatic rings. The molecular weight excluding hydrogens is 326 g/mol. The van der Waals surface area contributed by atoms with Gasteiger partial charge in [0.25, 0.3) is 0 Å². The van der Waals surface area contributed by atoms with Crippen molar-refractivity contribution in [3.8, 4) is 0 Å². The van der Waals surface area contributed by atoms with Gasteiger partial charge in [-0.05, 0) is 23.3 Å². The number of aromatic amines is 1. The van der Waals surface area contributed by atoms with E-state index in [0.717, 1.165) is 36.5 Å². The number of amides is 1. The number of aromatic nitrogens is 3. The molecule has 0 aliphatic carbocycles. The number of H-pyrrole nitrogens is 1. The zero-order chi connectivity index (χ0) is 17.8. The Bertz CT molecular complexity index is 918. The molecule has 6 heteroatoms. The fourth-order valence-corrected chi connectivity index (χ4v) is 3.07. The molecule has 1 aliphatic heterocycles. The first kappa shape index (κ1) is 16.2. The summed E-state index contributed by atoms with van der Waals surface area (Å²) in [6.45, 7) is 2.44. The number of nitrogens with zero attached hydrogens (tertiary/aromatic N) is 3. The third kappa shape index (κ3) is 3.70. The zero-order valence-electron chi connectivity index (χ0n) is 14.2. The molecule has 0 bridgehead atoms. The monoisotopic (exact) mass is 345 g/mol. The summed E-state index contributed by atoms with van der Waals surface area (Å²) in [6, 6.07) is 14.1. The zero-order valence-corrected chi connectivity index (χ0v) is 14.2. The highest BCUT2D eigenvalue weighted by Crippen LogP contribution is 2.28. The largest absolute Gasteiger partial charge is 0.305 e. The number of hydrogen-bond acceptors (Lipinski definition) is 4. The second-order valence-electron chi connectivity index (χ2n) is 6.27. The highest BCUT2D eigenvalue weighted by molar-refractivity contribution is 6.01. The lowest BCUT2D eigenvalue weighted by atomic mass is 10.2. The fraction of sp³-hybridized carbons (Fsp3) is 0.150. The predicted octanol–water partition coefficient (Wildman–Crippen LogP) is 2.97. The molecule has 0 fully saturated rings. The minimum Gasteiger partial charge on any atom is -0.305 e. The molecule has 130 valence electrons. The Morgan fingerprint density at radius 2 is 2.08 bits per heavy atom. The van der Waals surface area contributed by atoms with Gasteiger partial charge in [-0.1, -0.05) is 36.4 Å². The number of carbonyl (C=O) groups is 1. The van der Waals surface area contributed by atoms with Crippen LogP contribution >= 0.6 is 0 Å². The van der Waals surface area contributed by atoms with Crippen molar-refractivity contribution in [2.45, 2.75) is 19.6 Å². The molecule has 4 rings (SSSR count). The Labute approximate surface area is 151 Å². The molecule has 0 saturated carbocycles. The third-order valence-corrected chi connectivity index (χ3v) is 4.32. The molecule has 26 heavy (non-hydrogen) atoms. The number of rotatable bonds is 5. The summed E-state index contributed by atoms with van der Waals surface area (Å²) in [7, 11) is 0. The summed E-state index contributed by atoms with van der Waals surface area (Å²) in [5.41, 5.74) is 4.27. The number of benzene rings is 1. The lowest BCUT2D eigenvalue weighted by Gasteiger charge is -2.15. The van der Waals surface area contributed by atoms with Crippen LogP contribution < -0.4 is 5.32 Å². The molecule has 0 spiro atoms. The van der Waals surface area contributed by atoms with Crippen LogP contribution in [0.1, 0.15) is 22.4 Å². The average Bonchev–Trinajstić information content (AvgIpc) is 3.23. The Morgan fingerprint density at radius 3 is 2.88 bits per heavy atom. The van der Waals surface area contributed by atoms with Crippen LogP contribution in [-0.2, 0) is 24.4 Å². The van der Waals surface area contributed by atoms with E-state index in [4.69, 9.17) is 0 Å². The molecule has 3 aromatic rings. The van der Waals surface area contributed by atoms with Crippen molar-refractivity contribution < 1.29 is 4.79 Å². The van der Waals surface area contributed by atoms with E-state index in [2.05, 4.69) is 37.5 Å². The van der Waals surface area contributed by atoms with E-state index in [1.165, 1.54) is 11.6 Å². The van der Waals surface area contributed by atoms with Gasteiger partial charge in [-0.15, -0.1) is 0 Å². The quantitative estimate of drug-likeness (QED) is 0.697. The number of anilines is 1. The van der Waals surface area contributed by atoms with Crippen LogP contribution in [0.2, 0.25) is 0 Å². The number of pyridine rings is 1. The lowest BCUT2D eigenvalue weighted by molar-refractivity contribution is -0.111. The molecule has 6 nitrogen and oxygen atoms in total. The van der Waals surface area contributed by atoms with Crippen molar-refractivity contribution in [1.82, 2.24) is 20.1 Å². The van der Waals surface area contributed by atoms with E-state index in [1.54, 1.807) is 18.5 Å². The summed E-state index contributed by atoms with van der Waals surface area (Å²) in [4.78, 5) is 18.5. The fourth-order valence-electron chi connectivity index (χ4n) is 3.07. The number of carbonyl (C=O) groups excluding carboxylic acids is 1. The lowest BCUT2D eigenvalue weighted by Crippen LogP contribution is -2.17. The number of hydrogen-bond donors (Lipinski definition) is 2. The Morgan fingerprint density at radius 1 is 1.19 bits per heavy atom. The molecule has 1 amide bonds. The molecule has 3 heterocycles. The molecular formula is C20H19N5O. The van der Waals surface area contributed by atoms with Gasteiger partial charge in [0.15, 0.2) is 5.82 Å². The first-order valence-corrected chi connectivity index (χ1v) is 8.49. The maximum absolute atomic E-state index is 12.2. The first-order valence-electron chi connectivity index (χ1n) is 8.49. The molecule has 1 aromatic carbocycles. The van der Waals surface area contributed by atoms with Crippen molar-refractivity contribution in [1.29, 1.82) is 0 Å². The van der Waals surface area contributed by atoms with Crippen LogP contribution in [0.5, 0.6) is 0 Å². The highest BCUT2D eigenvalue weighted by Gasteiger charge is 2.25. The molecule has 2 aromatic heterocycles. The smallest absolute Gasteiger partial charge is 0.249 e. The number of fused-ring (bicyclic) bond motifs is 1. The van der Waals surface area contributed by atoms with Crippen LogP contribution in [0, 0.1) is 0 Å². The molecule has 0 radical (unpaired) electrons. The average molecular weight is 345 g/mol. The van der Waals surface area contributed by atoms with Gasteiger partial charge in [-0.2, -0.15) is 5.10 Å². The minimum absolute atomic E-state index is 0.204. The Hall–Kier alpha value is -3.25. The minimum atomic E-state index is -0.204. The molecule has 2 N–H and O–H groups in total. The maximum Gasteiger partial charge on any atom is 0.249 e. The summed E-state index contributed by atoms with van der Waals surface area (Å²) in [6.07, 6.45) is 6.63. The van der Waals surface area contributed by atoms with E-state index < -0.39 is 0 Å². The van der Waals surface area contributed by atoms with Gasteiger partial charge in [0.1, 0.15) is 0 Å². The van der Waals surface area contributed by atoms with E-state index in [0.29, 0.717) is 5.82 Å². The van der Waals surface area contributed by atoms with Gasteiger partial charge in [-0.25, -0.2) is 0 Å². The summed E-state index contributed by atoms with van der Waals surface area (Å²) in [5, 5.41) is 10.1. The third-order valence-electron chi connectivity index (χ3n) is 4.32. The van der Waals surface area contributed by atoms with Gasteiger partial charge in [0.2, 0.25) is 5.91 Å². The SMILES string of the molecule is O=C(/C=C/c1cccnc1)Nc1n[nH]c2c1CN(Cc1ccccc1)C2. The topological polar surface area (TPSA) is 73.9 Å². The number of nitrogens with one attached hydrogen (secondary N) is 2.